The number of hydrogen-bond acceptors (Lipinski definition) is 4. The smallest absolute Gasteiger partial charge is 0.220 e. The van der Waals surface area contributed by atoms with Crippen LogP contribution in [0.2, 0.25) is 4.34 Å². The van der Waals surface area contributed by atoms with Crippen molar-refractivity contribution in [2.75, 3.05) is 13.1 Å². The molecule has 0 spiro atoms. The summed E-state index contributed by atoms with van der Waals surface area (Å²) in [7, 11) is 0. The Morgan fingerprint density at radius 2 is 1.81 bits per heavy atom. The van der Waals surface area contributed by atoms with Gasteiger partial charge in [0.15, 0.2) is 5.78 Å². The topological polar surface area (TPSA) is 49.4 Å². The molecule has 0 radical (unpaired) electrons. The summed E-state index contributed by atoms with van der Waals surface area (Å²) in [6.45, 7) is 2.91. The lowest BCUT2D eigenvalue weighted by Crippen LogP contribution is -2.44. The van der Waals surface area contributed by atoms with Crippen molar-refractivity contribution in [1.82, 2.24) is 10.2 Å². The van der Waals surface area contributed by atoms with Crippen LogP contribution < -0.4 is 5.32 Å². The van der Waals surface area contributed by atoms with Gasteiger partial charge in [0.2, 0.25) is 5.91 Å². The van der Waals surface area contributed by atoms with E-state index >= 15 is 0 Å². The Morgan fingerprint density at radius 1 is 1.08 bits per heavy atom. The molecule has 0 saturated carbocycles. The summed E-state index contributed by atoms with van der Waals surface area (Å²) in [4.78, 5) is 27.2. The number of halogens is 1. The SMILES string of the molecule is O=C(CCC(=O)c1ccc(Cl)s1)NC1CCN(Cc2ccccc2)CC1. The zero-order valence-electron chi connectivity index (χ0n) is 14.6. The molecule has 3 rings (SSSR count). The standard InChI is InChI=1S/C20H23ClN2O2S/c21-19-8-7-18(26-19)17(24)6-9-20(25)22-16-10-12-23(13-11-16)14-15-4-2-1-3-5-15/h1-5,7-8,16H,6,9-14H2,(H,22,25). The van der Waals surface area contributed by atoms with Crippen LogP contribution in [0.25, 0.3) is 0 Å². The fourth-order valence-electron chi connectivity index (χ4n) is 3.19. The average molecular weight is 391 g/mol. The highest BCUT2D eigenvalue weighted by Crippen LogP contribution is 2.23. The van der Waals surface area contributed by atoms with Gasteiger partial charge in [-0.05, 0) is 30.5 Å². The first-order valence-electron chi connectivity index (χ1n) is 8.94. The minimum atomic E-state index is -0.0393. The molecule has 6 heteroatoms. The van der Waals surface area contributed by atoms with Crippen LogP contribution in [-0.4, -0.2) is 35.7 Å². The molecule has 0 unspecified atom stereocenters. The van der Waals surface area contributed by atoms with Crippen LogP contribution in [0.1, 0.15) is 40.9 Å². The number of nitrogens with zero attached hydrogens (tertiary/aromatic N) is 1. The molecule has 1 aromatic heterocycles. The molecule has 2 aromatic rings. The van der Waals surface area contributed by atoms with E-state index in [1.54, 1.807) is 12.1 Å². The Bertz CT molecular complexity index is 739. The highest BCUT2D eigenvalue weighted by atomic mass is 35.5. The van der Waals surface area contributed by atoms with Crippen LogP contribution >= 0.6 is 22.9 Å². The first-order valence-corrected chi connectivity index (χ1v) is 10.1. The molecule has 1 aromatic carbocycles. The highest BCUT2D eigenvalue weighted by molar-refractivity contribution is 7.18. The number of Topliss-reactive ketones (excluding diaryl/α,β-unsaturated/α-hetero) is 1. The van der Waals surface area contributed by atoms with Crippen molar-refractivity contribution in [2.24, 2.45) is 0 Å². The van der Waals surface area contributed by atoms with Crippen LogP contribution in [0, 0.1) is 0 Å². The summed E-state index contributed by atoms with van der Waals surface area (Å²) in [5, 5.41) is 3.07. The molecule has 1 fully saturated rings. The fraction of sp³-hybridized carbons (Fsp3) is 0.400. The van der Waals surface area contributed by atoms with E-state index in [2.05, 4.69) is 34.5 Å². The summed E-state index contributed by atoms with van der Waals surface area (Å²) in [5.74, 6) is -0.0581. The lowest BCUT2D eigenvalue weighted by atomic mass is 10.0. The molecule has 4 nitrogen and oxygen atoms in total. The second-order valence-electron chi connectivity index (χ2n) is 6.63. The molecule has 1 N–H and O–H groups in total. The predicted octanol–water partition coefficient (Wildman–Crippen LogP) is 4.15. The third kappa shape index (κ3) is 5.66. The summed E-state index contributed by atoms with van der Waals surface area (Å²) in [6.07, 6.45) is 2.37. The molecule has 1 amide bonds. The lowest BCUT2D eigenvalue weighted by molar-refractivity contribution is -0.122. The van der Waals surface area contributed by atoms with Crippen LogP contribution in [-0.2, 0) is 11.3 Å². The minimum Gasteiger partial charge on any atom is -0.353 e. The number of ketones is 1. The Morgan fingerprint density at radius 3 is 2.46 bits per heavy atom. The van der Waals surface area contributed by atoms with Crippen LogP contribution in [0.5, 0.6) is 0 Å². The van der Waals surface area contributed by atoms with Crippen molar-refractivity contribution >= 4 is 34.6 Å². The molecule has 138 valence electrons. The number of hydrogen-bond donors (Lipinski definition) is 1. The molecular weight excluding hydrogens is 368 g/mol. The average Bonchev–Trinajstić information content (AvgIpc) is 3.09. The summed E-state index contributed by atoms with van der Waals surface area (Å²) >= 11 is 7.10. The zero-order chi connectivity index (χ0) is 18.4. The number of benzene rings is 1. The summed E-state index contributed by atoms with van der Waals surface area (Å²) in [5.41, 5.74) is 1.32. The Hall–Kier alpha value is -1.69. The van der Waals surface area contributed by atoms with Gasteiger partial charge >= 0.3 is 0 Å². The van der Waals surface area contributed by atoms with Gasteiger partial charge in [0, 0.05) is 38.5 Å². The minimum absolute atomic E-state index is 0.0188. The Balaban J connectivity index is 1.36. The Labute approximate surface area is 163 Å². The van der Waals surface area contributed by atoms with Gasteiger partial charge in [-0.15, -0.1) is 11.3 Å². The van der Waals surface area contributed by atoms with Gasteiger partial charge in [-0.1, -0.05) is 41.9 Å². The molecule has 0 aliphatic carbocycles. The van der Waals surface area contributed by atoms with Gasteiger partial charge in [-0.25, -0.2) is 0 Å². The monoisotopic (exact) mass is 390 g/mol. The number of piperidine rings is 1. The normalized spacial score (nSPS) is 15.7. The van der Waals surface area contributed by atoms with Gasteiger partial charge in [0.25, 0.3) is 0 Å². The zero-order valence-corrected chi connectivity index (χ0v) is 16.2. The summed E-state index contributed by atoms with van der Waals surface area (Å²) in [6, 6.07) is 14.1. The second-order valence-corrected chi connectivity index (χ2v) is 8.35. The second kappa shape index (κ2) is 9.31. The van der Waals surface area contributed by atoms with Crippen LogP contribution in [0.4, 0.5) is 0 Å². The number of likely N-dealkylation sites (tertiary alicyclic amines) is 1. The molecular formula is C20H23ClN2O2S. The number of amides is 1. The molecule has 0 atom stereocenters. The van der Waals surface area contributed by atoms with Gasteiger partial charge in [0.1, 0.15) is 0 Å². The molecule has 1 saturated heterocycles. The maximum Gasteiger partial charge on any atom is 0.220 e. The predicted molar refractivity (Wildman–Crippen MR) is 106 cm³/mol. The number of carbonyl (C=O) groups excluding carboxylic acids is 2. The van der Waals surface area contributed by atoms with E-state index in [9.17, 15) is 9.59 Å². The maximum absolute atomic E-state index is 12.1. The van der Waals surface area contributed by atoms with Crippen molar-refractivity contribution in [3.8, 4) is 0 Å². The third-order valence-corrected chi connectivity index (χ3v) is 5.90. The number of rotatable bonds is 7. The van der Waals surface area contributed by atoms with Gasteiger partial charge in [-0.3, -0.25) is 14.5 Å². The van der Waals surface area contributed by atoms with E-state index in [1.165, 1.54) is 16.9 Å². The number of thiophene rings is 1. The van der Waals surface area contributed by atoms with E-state index in [1.807, 2.05) is 6.07 Å². The van der Waals surface area contributed by atoms with E-state index < -0.39 is 0 Å². The lowest BCUT2D eigenvalue weighted by Gasteiger charge is -2.32. The van der Waals surface area contributed by atoms with Crippen LogP contribution in [0.15, 0.2) is 42.5 Å². The molecule has 1 aliphatic rings. The number of carbonyl (C=O) groups is 2. The van der Waals surface area contributed by atoms with Crippen molar-refractivity contribution in [3.63, 3.8) is 0 Å². The molecule has 26 heavy (non-hydrogen) atoms. The maximum atomic E-state index is 12.1. The highest BCUT2D eigenvalue weighted by Gasteiger charge is 2.21. The molecule has 2 heterocycles. The fourth-order valence-corrected chi connectivity index (χ4v) is 4.20. The van der Waals surface area contributed by atoms with Gasteiger partial charge in [0.05, 0.1) is 9.21 Å². The first-order chi connectivity index (χ1) is 12.6. The largest absolute Gasteiger partial charge is 0.353 e. The van der Waals surface area contributed by atoms with Crippen LogP contribution in [0.3, 0.4) is 0 Å². The third-order valence-electron chi connectivity index (χ3n) is 4.63. The van der Waals surface area contributed by atoms with Gasteiger partial charge in [-0.2, -0.15) is 0 Å². The number of nitrogens with one attached hydrogen (secondary N) is 1. The van der Waals surface area contributed by atoms with Crippen molar-refractivity contribution in [2.45, 2.75) is 38.3 Å². The Kier molecular flexibility index (Phi) is 6.83. The molecule has 0 bridgehead atoms. The van der Waals surface area contributed by atoms with Crippen molar-refractivity contribution in [1.29, 1.82) is 0 Å². The van der Waals surface area contributed by atoms with Crippen molar-refractivity contribution < 1.29 is 9.59 Å². The van der Waals surface area contributed by atoms with E-state index in [0.29, 0.717) is 9.21 Å². The van der Waals surface area contributed by atoms with Crippen molar-refractivity contribution in [3.05, 3.63) is 57.2 Å². The summed E-state index contributed by atoms with van der Waals surface area (Å²) < 4.78 is 0.597. The molecule has 1 aliphatic heterocycles. The van der Waals surface area contributed by atoms with E-state index in [4.69, 9.17) is 11.6 Å². The van der Waals surface area contributed by atoms with E-state index in [0.717, 1.165) is 32.5 Å². The first kappa shape index (κ1) is 19.1. The van der Waals surface area contributed by atoms with E-state index in [-0.39, 0.29) is 30.6 Å². The van der Waals surface area contributed by atoms with Gasteiger partial charge < -0.3 is 5.32 Å². The quantitative estimate of drug-likeness (QED) is 0.722.